The molecular weight excluding hydrogens is 334 g/mol. The van der Waals surface area contributed by atoms with E-state index in [4.69, 9.17) is 4.74 Å². The van der Waals surface area contributed by atoms with Crippen molar-refractivity contribution in [1.29, 1.82) is 0 Å². The summed E-state index contributed by atoms with van der Waals surface area (Å²) in [6, 6.07) is 12.0. The van der Waals surface area contributed by atoms with Crippen molar-refractivity contribution in [3.63, 3.8) is 0 Å². The van der Waals surface area contributed by atoms with Crippen LogP contribution in [0.4, 0.5) is 17.1 Å². The number of morpholine rings is 1. The van der Waals surface area contributed by atoms with Gasteiger partial charge in [0.2, 0.25) is 0 Å². The van der Waals surface area contributed by atoms with Crippen molar-refractivity contribution in [3.05, 3.63) is 63.7 Å². The zero-order valence-electron chi connectivity index (χ0n) is 14.6. The number of ether oxygens (including phenoxy) is 1. The first-order valence-corrected chi connectivity index (χ1v) is 8.60. The Morgan fingerprint density at radius 3 is 2.50 bits per heavy atom. The molecule has 7 nitrogen and oxygen atoms in total. The number of hydrogen-bond donors (Lipinski definition) is 1. The Kier molecular flexibility index (Phi) is 5.48. The van der Waals surface area contributed by atoms with Crippen molar-refractivity contribution < 1.29 is 14.5 Å². The van der Waals surface area contributed by atoms with E-state index in [-0.39, 0.29) is 11.6 Å². The number of nitrogens with one attached hydrogen (secondary N) is 1. The predicted molar refractivity (Wildman–Crippen MR) is 99.9 cm³/mol. The van der Waals surface area contributed by atoms with Crippen LogP contribution >= 0.6 is 0 Å². The fourth-order valence-corrected chi connectivity index (χ4v) is 2.92. The molecule has 1 saturated heterocycles. The monoisotopic (exact) mass is 355 g/mol. The van der Waals surface area contributed by atoms with Crippen LogP contribution in [0.5, 0.6) is 0 Å². The Labute approximate surface area is 151 Å². The number of amides is 1. The van der Waals surface area contributed by atoms with Crippen molar-refractivity contribution in [1.82, 2.24) is 0 Å². The van der Waals surface area contributed by atoms with Crippen molar-refractivity contribution in [2.24, 2.45) is 0 Å². The van der Waals surface area contributed by atoms with Gasteiger partial charge in [0.25, 0.3) is 11.6 Å². The maximum Gasteiger partial charge on any atom is 0.270 e. The maximum absolute atomic E-state index is 12.8. The van der Waals surface area contributed by atoms with E-state index in [1.165, 1.54) is 17.7 Å². The second-order valence-electron chi connectivity index (χ2n) is 6.06. The lowest BCUT2D eigenvalue weighted by Gasteiger charge is -2.30. The van der Waals surface area contributed by atoms with Crippen LogP contribution < -0.4 is 10.2 Å². The molecule has 0 atom stereocenters. The summed E-state index contributed by atoms with van der Waals surface area (Å²) in [5.41, 5.74) is 2.70. The molecule has 0 saturated carbocycles. The number of rotatable bonds is 5. The van der Waals surface area contributed by atoms with Gasteiger partial charge in [0.05, 0.1) is 29.4 Å². The van der Waals surface area contributed by atoms with Crippen molar-refractivity contribution in [2.75, 3.05) is 36.5 Å². The summed E-state index contributed by atoms with van der Waals surface area (Å²) in [4.78, 5) is 25.5. The first-order valence-electron chi connectivity index (χ1n) is 8.60. The van der Waals surface area contributed by atoms with Crippen LogP contribution in [0.25, 0.3) is 0 Å². The molecule has 1 fully saturated rings. The third-order valence-corrected chi connectivity index (χ3v) is 4.41. The minimum atomic E-state index is -0.490. The van der Waals surface area contributed by atoms with Gasteiger partial charge in [-0.1, -0.05) is 19.1 Å². The number of nitro benzene ring substituents is 1. The third-order valence-electron chi connectivity index (χ3n) is 4.41. The smallest absolute Gasteiger partial charge is 0.270 e. The average Bonchev–Trinajstić information content (AvgIpc) is 2.68. The molecule has 0 aliphatic carbocycles. The highest BCUT2D eigenvalue weighted by atomic mass is 16.6. The van der Waals surface area contributed by atoms with Gasteiger partial charge >= 0.3 is 0 Å². The van der Waals surface area contributed by atoms with E-state index >= 15 is 0 Å². The minimum Gasteiger partial charge on any atom is -0.378 e. The molecule has 2 aromatic rings. The van der Waals surface area contributed by atoms with Crippen molar-refractivity contribution in [3.8, 4) is 0 Å². The number of nitrogens with zero attached hydrogens (tertiary/aromatic N) is 2. The summed E-state index contributed by atoms with van der Waals surface area (Å²) in [6.07, 6.45) is 0.917. The zero-order chi connectivity index (χ0) is 18.5. The molecule has 0 unspecified atom stereocenters. The van der Waals surface area contributed by atoms with E-state index < -0.39 is 4.92 Å². The van der Waals surface area contributed by atoms with Gasteiger partial charge in [-0.25, -0.2) is 0 Å². The SMILES string of the molecule is CCc1ccc(NC(=O)c2cc([N+](=O)[O-])ccc2N2CCOCC2)cc1. The number of hydrogen-bond acceptors (Lipinski definition) is 5. The number of carbonyl (C=O) groups excluding carboxylic acids is 1. The van der Waals surface area contributed by atoms with E-state index in [0.717, 1.165) is 6.42 Å². The summed E-state index contributed by atoms with van der Waals surface area (Å²) >= 11 is 0. The number of benzene rings is 2. The Morgan fingerprint density at radius 2 is 1.88 bits per heavy atom. The third kappa shape index (κ3) is 4.00. The summed E-state index contributed by atoms with van der Waals surface area (Å²) in [7, 11) is 0. The lowest BCUT2D eigenvalue weighted by Crippen LogP contribution is -2.37. The second-order valence-corrected chi connectivity index (χ2v) is 6.06. The first-order chi connectivity index (χ1) is 12.6. The van der Waals surface area contributed by atoms with Crippen molar-refractivity contribution in [2.45, 2.75) is 13.3 Å². The van der Waals surface area contributed by atoms with Crippen LogP contribution in [0.15, 0.2) is 42.5 Å². The molecule has 0 bridgehead atoms. The average molecular weight is 355 g/mol. The summed E-state index contributed by atoms with van der Waals surface area (Å²) in [6.45, 7) is 4.48. The fraction of sp³-hybridized carbons (Fsp3) is 0.316. The molecule has 7 heteroatoms. The van der Waals surface area contributed by atoms with Crippen LogP contribution in [-0.2, 0) is 11.2 Å². The van der Waals surface area contributed by atoms with E-state index in [1.54, 1.807) is 6.07 Å². The van der Waals surface area contributed by atoms with Gasteiger partial charge < -0.3 is 15.0 Å². The van der Waals surface area contributed by atoms with Gasteiger partial charge in [-0.3, -0.25) is 14.9 Å². The molecule has 1 heterocycles. The van der Waals surface area contributed by atoms with Gasteiger partial charge in [0.1, 0.15) is 0 Å². The number of carbonyl (C=O) groups is 1. The first kappa shape index (κ1) is 17.9. The second kappa shape index (κ2) is 7.97. The van der Waals surface area contributed by atoms with E-state index in [2.05, 4.69) is 12.2 Å². The molecule has 3 rings (SSSR count). The van der Waals surface area contributed by atoms with Crippen LogP contribution in [0, 0.1) is 10.1 Å². The Balaban J connectivity index is 1.90. The number of anilines is 2. The number of non-ortho nitro benzene ring substituents is 1. The lowest BCUT2D eigenvalue weighted by atomic mass is 10.1. The van der Waals surface area contributed by atoms with Crippen molar-refractivity contribution >= 4 is 23.0 Å². The normalized spacial score (nSPS) is 14.1. The van der Waals surface area contributed by atoms with Crippen LogP contribution in [0.3, 0.4) is 0 Å². The summed E-state index contributed by atoms with van der Waals surface area (Å²) in [5, 5.41) is 14.0. The molecule has 1 aliphatic heterocycles. The van der Waals surface area contributed by atoms with Gasteiger partial charge in [-0.15, -0.1) is 0 Å². The predicted octanol–water partition coefficient (Wildman–Crippen LogP) is 3.25. The molecule has 0 aromatic heterocycles. The molecule has 1 aliphatic rings. The molecule has 1 N–H and O–H groups in total. The van der Waals surface area contributed by atoms with Crippen LogP contribution in [-0.4, -0.2) is 37.1 Å². The van der Waals surface area contributed by atoms with E-state index in [1.807, 2.05) is 29.2 Å². The Morgan fingerprint density at radius 1 is 1.19 bits per heavy atom. The Bertz CT molecular complexity index is 799. The molecule has 2 aromatic carbocycles. The largest absolute Gasteiger partial charge is 0.378 e. The summed E-state index contributed by atoms with van der Waals surface area (Å²) < 4.78 is 5.35. The fourth-order valence-electron chi connectivity index (χ4n) is 2.92. The zero-order valence-corrected chi connectivity index (χ0v) is 14.6. The molecule has 0 radical (unpaired) electrons. The lowest BCUT2D eigenvalue weighted by molar-refractivity contribution is -0.384. The minimum absolute atomic E-state index is 0.103. The maximum atomic E-state index is 12.8. The Hall–Kier alpha value is -2.93. The number of aryl methyl sites for hydroxylation is 1. The van der Waals surface area contributed by atoms with Gasteiger partial charge in [-0.05, 0) is 30.2 Å². The van der Waals surface area contributed by atoms with E-state index in [0.29, 0.717) is 43.2 Å². The highest BCUT2D eigenvalue weighted by molar-refractivity contribution is 6.08. The van der Waals surface area contributed by atoms with Gasteiger partial charge in [-0.2, -0.15) is 0 Å². The molecule has 26 heavy (non-hydrogen) atoms. The standard InChI is InChI=1S/C19H21N3O4/c1-2-14-3-5-15(6-4-14)20-19(23)17-13-16(22(24)25)7-8-18(17)21-9-11-26-12-10-21/h3-8,13H,2,9-12H2,1H3,(H,20,23). The van der Waals surface area contributed by atoms with Gasteiger partial charge in [0, 0.05) is 30.9 Å². The summed E-state index contributed by atoms with van der Waals surface area (Å²) in [5.74, 6) is -0.362. The van der Waals surface area contributed by atoms with Gasteiger partial charge in [0.15, 0.2) is 0 Å². The quantitative estimate of drug-likeness (QED) is 0.657. The molecule has 0 spiro atoms. The van der Waals surface area contributed by atoms with Crippen LogP contribution in [0.1, 0.15) is 22.8 Å². The molecule has 136 valence electrons. The molecule has 1 amide bonds. The van der Waals surface area contributed by atoms with Crippen LogP contribution in [0.2, 0.25) is 0 Å². The van der Waals surface area contributed by atoms with E-state index in [9.17, 15) is 14.9 Å². The molecular formula is C19H21N3O4. The highest BCUT2D eigenvalue weighted by Crippen LogP contribution is 2.27. The topological polar surface area (TPSA) is 84.7 Å². The number of nitro groups is 1. The highest BCUT2D eigenvalue weighted by Gasteiger charge is 2.22.